The van der Waals surface area contributed by atoms with Gasteiger partial charge in [0, 0.05) is 34.3 Å². The first-order valence-electron chi connectivity index (χ1n) is 9.43. The first-order valence-corrected chi connectivity index (χ1v) is 10.8. The molecule has 2 heterocycles. The summed E-state index contributed by atoms with van der Waals surface area (Å²) in [5, 5.41) is 0. The van der Waals surface area contributed by atoms with E-state index in [4.69, 9.17) is 9.47 Å². The third-order valence-corrected chi connectivity index (χ3v) is 6.46. The van der Waals surface area contributed by atoms with Crippen LogP contribution in [0.5, 0.6) is 17.2 Å². The molecule has 2 aromatic rings. The smallest absolute Gasteiger partial charge is 0.488 e. The van der Waals surface area contributed by atoms with Gasteiger partial charge in [-0.3, -0.25) is 0 Å². The van der Waals surface area contributed by atoms with Crippen LogP contribution in [0.15, 0.2) is 36.4 Å². The van der Waals surface area contributed by atoms with Gasteiger partial charge in [0.05, 0.1) is 0 Å². The van der Waals surface area contributed by atoms with Crippen LogP contribution in [0.1, 0.15) is 29.5 Å². The summed E-state index contributed by atoms with van der Waals surface area (Å²) in [5.41, 5.74) is -0.890. The molecule has 0 amide bonds. The lowest BCUT2D eigenvalue weighted by Gasteiger charge is -2.35. The summed E-state index contributed by atoms with van der Waals surface area (Å²) in [6.07, 6.45) is 1.88. The van der Waals surface area contributed by atoms with Crippen LogP contribution in [0.25, 0.3) is 11.1 Å². The first kappa shape index (κ1) is 19.3. The first-order chi connectivity index (χ1) is 14.1. The Labute approximate surface area is 171 Å². The van der Waals surface area contributed by atoms with Crippen LogP contribution in [0.3, 0.4) is 0 Å². The third-order valence-electron chi connectivity index (χ3n) is 5.48. The normalized spacial score (nSPS) is 20.5. The van der Waals surface area contributed by atoms with Gasteiger partial charge in [-0.1, -0.05) is 12.1 Å². The maximum absolute atomic E-state index is 12.6. The average molecular weight is 438 g/mol. The topological polar surface area (TPSA) is 61.8 Å². The van der Waals surface area contributed by atoms with Gasteiger partial charge in [0.1, 0.15) is 30.0 Å². The second-order valence-electron chi connectivity index (χ2n) is 7.70. The van der Waals surface area contributed by atoms with E-state index in [2.05, 4.69) is 4.18 Å². The van der Waals surface area contributed by atoms with E-state index in [1.807, 2.05) is 25.1 Å². The minimum Gasteiger partial charge on any atom is -0.488 e. The van der Waals surface area contributed by atoms with Gasteiger partial charge >= 0.3 is 15.6 Å². The number of fused-ring (bicyclic) bond motifs is 4. The van der Waals surface area contributed by atoms with Crippen molar-refractivity contribution >= 4 is 21.3 Å². The molecule has 5 nitrogen and oxygen atoms in total. The van der Waals surface area contributed by atoms with E-state index < -0.39 is 21.4 Å². The number of ether oxygens (including phenoxy) is 2. The molecule has 1 aliphatic carbocycles. The maximum Gasteiger partial charge on any atom is 0.534 e. The highest BCUT2D eigenvalue weighted by molar-refractivity contribution is 7.88. The summed E-state index contributed by atoms with van der Waals surface area (Å²) in [5.74, 6) is 0.976. The third kappa shape index (κ3) is 3.12. The largest absolute Gasteiger partial charge is 0.534 e. The second-order valence-corrected chi connectivity index (χ2v) is 9.24. The Morgan fingerprint density at radius 1 is 1.03 bits per heavy atom. The van der Waals surface area contributed by atoms with Crippen molar-refractivity contribution in [3.63, 3.8) is 0 Å². The zero-order chi connectivity index (χ0) is 21.3. The standard InChI is InChI=1S/C21H17F3O5S/c1-11-2-6-14-16-10-27-17-9-13(29-30(25,26)21(22,23)24)5-7-15(17)19(16)20(12-3-4-12)28-18(14)8-11/h2,5-9,12,20H,3-4,10H2,1H3. The molecule has 0 radical (unpaired) electrons. The molecule has 158 valence electrons. The molecule has 1 saturated carbocycles. The molecule has 0 N–H and O–H groups in total. The number of aryl methyl sites for hydroxylation is 1. The summed E-state index contributed by atoms with van der Waals surface area (Å²) in [6.45, 7) is 2.20. The van der Waals surface area contributed by atoms with Gasteiger partial charge in [0.15, 0.2) is 0 Å². The fourth-order valence-corrected chi connectivity index (χ4v) is 4.36. The Morgan fingerprint density at radius 2 is 1.77 bits per heavy atom. The number of hydrogen-bond acceptors (Lipinski definition) is 5. The second kappa shape index (κ2) is 6.41. The predicted octanol–water partition coefficient (Wildman–Crippen LogP) is 4.70. The van der Waals surface area contributed by atoms with Gasteiger partial charge in [-0.2, -0.15) is 21.6 Å². The quantitative estimate of drug-likeness (QED) is 0.514. The maximum atomic E-state index is 12.6. The fourth-order valence-electron chi connectivity index (χ4n) is 3.91. The molecule has 9 heteroatoms. The summed E-state index contributed by atoms with van der Waals surface area (Å²) < 4.78 is 76.9. The van der Waals surface area contributed by atoms with Crippen molar-refractivity contribution < 1.29 is 35.2 Å². The summed E-state index contributed by atoms with van der Waals surface area (Å²) in [4.78, 5) is 0. The minimum absolute atomic E-state index is 0.178. The van der Waals surface area contributed by atoms with Gasteiger partial charge < -0.3 is 13.7 Å². The van der Waals surface area contributed by atoms with E-state index in [1.54, 1.807) is 0 Å². The van der Waals surface area contributed by atoms with E-state index in [0.717, 1.165) is 40.9 Å². The van der Waals surface area contributed by atoms with Crippen molar-refractivity contribution in [2.24, 2.45) is 5.92 Å². The van der Waals surface area contributed by atoms with Gasteiger partial charge in [-0.25, -0.2) is 0 Å². The lowest BCUT2D eigenvalue weighted by atomic mass is 9.84. The van der Waals surface area contributed by atoms with Crippen LogP contribution in [-0.2, 0) is 10.1 Å². The molecule has 2 aromatic carbocycles. The molecule has 1 fully saturated rings. The zero-order valence-corrected chi connectivity index (χ0v) is 16.6. The fraction of sp³-hybridized carbons (Fsp3) is 0.333. The molecule has 2 aliphatic heterocycles. The van der Waals surface area contributed by atoms with Crippen LogP contribution >= 0.6 is 0 Å². The average Bonchev–Trinajstić information content (AvgIpc) is 3.50. The van der Waals surface area contributed by atoms with Crippen molar-refractivity contribution in [2.45, 2.75) is 31.4 Å². The highest BCUT2D eigenvalue weighted by Gasteiger charge is 2.49. The van der Waals surface area contributed by atoms with E-state index in [9.17, 15) is 21.6 Å². The monoisotopic (exact) mass is 438 g/mol. The lowest BCUT2D eigenvalue weighted by molar-refractivity contribution is -0.0500. The number of hydrogen-bond donors (Lipinski definition) is 0. The lowest BCUT2D eigenvalue weighted by Crippen LogP contribution is -2.30. The van der Waals surface area contributed by atoms with Gasteiger partial charge in [-0.15, -0.1) is 0 Å². The van der Waals surface area contributed by atoms with Gasteiger partial charge in [0.2, 0.25) is 0 Å². The van der Waals surface area contributed by atoms with Crippen molar-refractivity contribution in [1.29, 1.82) is 0 Å². The van der Waals surface area contributed by atoms with E-state index >= 15 is 0 Å². The molecule has 1 unspecified atom stereocenters. The van der Waals surface area contributed by atoms with Crippen LogP contribution in [0, 0.1) is 12.8 Å². The van der Waals surface area contributed by atoms with Gasteiger partial charge in [-0.05, 0) is 43.5 Å². The Bertz CT molecular complexity index is 1180. The van der Waals surface area contributed by atoms with Crippen molar-refractivity contribution in [3.8, 4) is 17.2 Å². The summed E-state index contributed by atoms with van der Waals surface area (Å²) in [6, 6.07) is 9.86. The molecule has 5 rings (SSSR count). The summed E-state index contributed by atoms with van der Waals surface area (Å²) >= 11 is 0. The molecule has 0 saturated heterocycles. The van der Waals surface area contributed by atoms with Crippen LogP contribution in [0.2, 0.25) is 0 Å². The van der Waals surface area contributed by atoms with E-state index in [-0.39, 0.29) is 18.5 Å². The zero-order valence-electron chi connectivity index (χ0n) is 15.8. The van der Waals surface area contributed by atoms with Crippen molar-refractivity contribution in [2.75, 3.05) is 6.61 Å². The minimum atomic E-state index is -5.75. The van der Waals surface area contributed by atoms with Crippen molar-refractivity contribution in [3.05, 3.63) is 53.1 Å². The molecular formula is C21H17F3O5S. The summed E-state index contributed by atoms with van der Waals surface area (Å²) in [7, 11) is -5.75. The van der Waals surface area contributed by atoms with Gasteiger partial charge in [0.25, 0.3) is 0 Å². The number of alkyl halides is 3. The number of rotatable bonds is 3. The highest BCUT2D eigenvalue weighted by atomic mass is 32.2. The molecular weight excluding hydrogens is 421 g/mol. The molecule has 3 aliphatic rings. The molecule has 0 bridgehead atoms. The molecule has 0 spiro atoms. The SMILES string of the molecule is Cc1ccc2c(c1)OC(C1CC1)C1=C2COc2cc(OS(=O)(=O)C(F)(F)F)ccc21. The Balaban J connectivity index is 1.58. The number of benzene rings is 2. The van der Waals surface area contributed by atoms with E-state index in [1.165, 1.54) is 18.2 Å². The number of halogens is 3. The molecule has 0 aromatic heterocycles. The predicted molar refractivity (Wildman–Crippen MR) is 103 cm³/mol. The van der Waals surface area contributed by atoms with Crippen LogP contribution < -0.4 is 13.7 Å². The van der Waals surface area contributed by atoms with Crippen molar-refractivity contribution in [1.82, 2.24) is 0 Å². The van der Waals surface area contributed by atoms with Crippen LogP contribution in [-0.4, -0.2) is 26.6 Å². The molecule has 30 heavy (non-hydrogen) atoms. The molecule has 1 atom stereocenters. The van der Waals surface area contributed by atoms with E-state index in [0.29, 0.717) is 11.5 Å². The Morgan fingerprint density at radius 3 is 2.47 bits per heavy atom. The highest BCUT2D eigenvalue weighted by Crippen LogP contribution is 2.52. The van der Waals surface area contributed by atoms with Crippen LogP contribution in [0.4, 0.5) is 13.2 Å². The Kier molecular flexibility index (Phi) is 4.12. The Hall–Kier alpha value is -2.68.